The molecular formula is C27H27FN4O2. The van der Waals surface area contributed by atoms with E-state index in [4.69, 9.17) is 5.11 Å². The first-order valence-electron chi connectivity index (χ1n) is 11.4. The first kappa shape index (κ1) is 22.3. The van der Waals surface area contributed by atoms with Crippen LogP contribution in [0.5, 0.6) is 0 Å². The molecule has 174 valence electrons. The van der Waals surface area contributed by atoms with Crippen LogP contribution < -0.4 is 0 Å². The standard InChI is InChI=1S/C27H27FN4O2/c1-31-10-11-32(26(17-31)25-4-2-3-9-29-25)16-21-13-18(5-7-23(21)28)19-6-8-24-20(12-19)14-22(30-24)15-27(33)34/h2-9,12-14,26,30H,10-11,15-17H2,1H3,(H,33,34). The van der Waals surface area contributed by atoms with Gasteiger partial charge >= 0.3 is 5.97 Å². The third-order valence-corrected chi connectivity index (χ3v) is 6.49. The number of rotatable bonds is 6. The number of nitrogens with zero attached hydrogens (tertiary/aromatic N) is 3. The van der Waals surface area contributed by atoms with Crippen LogP contribution in [0.4, 0.5) is 4.39 Å². The van der Waals surface area contributed by atoms with E-state index in [0.29, 0.717) is 17.8 Å². The van der Waals surface area contributed by atoms with Crippen molar-refractivity contribution in [3.63, 3.8) is 0 Å². The molecule has 4 aromatic rings. The summed E-state index contributed by atoms with van der Waals surface area (Å²) in [7, 11) is 2.10. The number of aromatic amines is 1. The third kappa shape index (κ3) is 4.71. The second-order valence-electron chi connectivity index (χ2n) is 8.98. The van der Waals surface area contributed by atoms with Crippen LogP contribution in [0, 0.1) is 5.82 Å². The summed E-state index contributed by atoms with van der Waals surface area (Å²) in [5.41, 5.74) is 5.11. The summed E-state index contributed by atoms with van der Waals surface area (Å²) in [5, 5.41) is 9.99. The predicted molar refractivity (Wildman–Crippen MR) is 130 cm³/mol. The number of pyridine rings is 1. The predicted octanol–water partition coefficient (Wildman–Crippen LogP) is 4.48. The van der Waals surface area contributed by atoms with Crippen molar-refractivity contribution in [2.45, 2.75) is 19.0 Å². The average molecular weight is 459 g/mol. The van der Waals surface area contributed by atoms with E-state index in [9.17, 15) is 9.18 Å². The number of H-pyrrole nitrogens is 1. The quantitative estimate of drug-likeness (QED) is 0.446. The Hall–Kier alpha value is -3.55. The van der Waals surface area contributed by atoms with Gasteiger partial charge in [-0.25, -0.2) is 4.39 Å². The van der Waals surface area contributed by atoms with Crippen molar-refractivity contribution >= 4 is 16.9 Å². The Labute approximate surface area is 197 Å². The first-order chi connectivity index (χ1) is 16.5. The maximum Gasteiger partial charge on any atom is 0.309 e. The number of hydrogen-bond acceptors (Lipinski definition) is 4. The van der Waals surface area contributed by atoms with Crippen LogP contribution in [-0.2, 0) is 17.8 Å². The molecule has 2 aromatic heterocycles. The lowest BCUT2D eigenvalue weighted by molar-refractivity contribution is -0.136. The van der Waals surface area contributed by atoms with Crippen molar-refractivity contribution in [1.82, 2.24) is 19.8 Å². The lowest BCUT2D eigenvalue weighted by Crippen LogP contribution is -2.46. The summed E-state index contributed by atoms with van der Waals surface area (Å²) >= 11 is 0. The molecule has 0 amide bonds. The number of piperazine rings is 1. The van der Waals surface area contributed by atoms with Gasteiger partial charge < -0.3 is 15.0 Å². The van der Waals surface area contributed by atoms with Gasteiger partial charge in [-0.15, -0.1) is 0 Å². The fourth-order valence-electron chi connectivity index (χ4n) is 4.72. The van der Waals surface area contributed by atoms with Gasteiger partial charge in [0.1, 0.15) is 5.82 Å². The largest absolute Gasteiger partial charge is 0.481 e. The van der Waals surface area contributed by atoms with Gasteiger partial charge in [0.15, 0.2) is 0 Å². The van der Waals surface area contributed by atoms with E-state index < -0.39 is 5.97 Å². The van der Waals surface area contributed by atoms with Gasteiger partial charge in [-0.3, -0.25) is 14.7 Å². The maximum atomic E-state index is 14.9. The molecule has 6 nitrogen and oxygen atoms in total. The molecule has 0 bridgehead atoms. The molecule has 0 saturated carbocycles. The summed E-state index contributed by atoms with van der Waals surface area (Å²) in [6.07, 6.45) is 1.76. The minimum Gasteiger partial charge on any atom is -0.481 e. The van der Waals surface area contributed by atoms with E-state index in [0.717, 1.165) is 47.4 Å². The highest BCUT2D eigenvalue weighted by Crippen LogP contribution is 2.30. The van der Waals surface area contributed by atoms with Gasteiger partial charge in [0.25, 0.3) is 0 Å². The van der Waals surface area contributed by atoms with Crippen molar-refractivity contribution in [1.29, 1.82) is 0 Å². The van der Waals surface area contributed by atoms with Crippen LogP contribution in [0.2, 0.25) is 0 Å². The van der Waals surface area contributed by atoms with Gasteiger partial charge in [-0.05, 0) is 60.6 Å². The van der Waals surface area contributed by atoms with E-state index in [1.54, 1.807) is 6.07 Å². The lowest BCUT2D eigenvalue weighted by Gasteiger charge is -2.39. The normalized spacial score (nSPS) is 17.3. The second-order valence-corrected chi connectivity index (χ2v) is 8.98. The molecule has 1 atom stereocenters. The number of carboxylic acids is 1. The fraction of sp³-hybridized carbons (Fsp3) is 0.259. The van der Waals surface area contributed by atoms with Crippen LogP contribution in [0.1, 0.15) is 23.0 Å². The van der Waals surface area contributed by atoms with Crippen LogP contribution in [0.25, 0.3) is 22.0 Å². The zero-order valence-corrected chi connectivity index (χ0v) is 19.0. The van der Waals surface area contributed by atoms with Crippen LogP contribution in [-0.4, -0.2) is 57.5 Å². The molecule has 0 aliphatic carbocycles. The molecule has 2 aromatic carbocycles. The van der Waals surface area contributed by atoms with Crippen molar-refractivity contribution in [3.8, 4) is 11.1 Å². The number of aliphatic carboxylic acids is 1. The maximum absolute atomic E-state index is 14.9. The number of halogens is 1. The molecule has 2 N–H and O–H groups in total. The van der Waals surface area contributed by atoms with Crippen LogP contribution in [0.15, 0.2) is 66.9 Å². The number of nitrogens with one attached hydrogen (secondary N) is 1. The molecule has 1 aliphatic rings. The molecule has 1 fully saturated rings. The molecule has 5 rings (SSSR count). The zero-order chi connectivity index (χ0) is 23.7. The minimum atomic E-state index is -0.872. The number of fused-ring (bicyclic) bond motifs is 1. The number of likely N-dealkylation sites (N-methyl/N-ethyl adjacent to an activating group) is 1. The molecule has 34 heavy (non-hydrogen) atoms. The lowest BCUT2D eigenvalue weighted by atomic mass is 10.00. The Kier molecular flexibility index (Phi) is 6.13. The highest BCUT2D eigenvalue weighted by molar-refractivity contribution is 5.87. The number of hydrogen-bond donors (Lipinski definition) is 2. The Balaban J connectivity index is 1.43. The summed E-state index contributed by atoms with van der Waals surface area (Å²) in [6, 6.07) is 19.1. The Morgan fingerprint density at radius 3 is 2.74 bits per heavy atom. The topological polar surface area (TPSA) is 72.5 Å². The summed E-state index contributed by atoms with van der Waals surface area (Å²) in [6.45, 7) is 3.11. The second kappa shape index (κ2) is 9.37. The highest BCUT2D eigenvalue weighted by atomic mass is 19.1. The molecule has 3 heterocycles. The minimum absolute atomic E-state index is 0.0484. The molecular weight excluding hydrogens is 431 g/mol. The fourth-order valence-corrected chi connectivity index (χ4v) is 4.72. The van der Waals surface area contributed by atoms with Gasteiger partial charge in [0, 0.05) is 54.5 Å². The van der Waals surface area contributed by atoms with E-state index >= 15 is 0 Å². The summed E-state index contributed by atoms with van der Waals surface area (Å²) in [4.78, 5) is 23.3. The van der Waals surface area contributed by atoms with E-state index in [2.05, 4.69) is 26.8 Å². The highest BCUT2D eigenvalue weighted by Gasteiger charge is 2.28. The molecule has 1 saturated heterocycles. The number of benzene rings is 2. The Bertz CT molecular complexity index is 1320. The Morgan fingerprint density at radius 2 is 1.94 bits per heavy atom. The van der Waals surface area contributed by atoms with Gasteiger partial charge in [-0.2, -0.15) is 0 Å². The average Bonchev–Trinajstić information content (AvgIpc) is 3.23. The summed E-state index contributed by atoms with van der Waals surface area (Å²) in [5.74, 6) is -1.09. The van der Waals surface area contributed by atoms with Crippen molar-refractivity contribution in [2.75, 3.05) is 26.7 Å². The van der Waals surface area contributed by atoms with Crippen LogP contribution in [0.3, 0.4) is 0 Å². The number of carbonyl (C=O) groups is 1. The summed E-state index contributed by atoms with van der Waals surface area (Å²) < 4.78 is 14.9. The van der Waals surface area contributed by atoms with E-state index in [1.165, 1.54) is 6.07 Å². The van der Waals surface area contributed by atoms with E-state index in [-0.39, 0.29) is 18.3 Å². The van der Waals surface area contributed by atoms with Crippen molar-refractivity contribution in [2.24, 2.45) is 0 Å². The molecule has 0 radical (unpaired) electrons. The van der Waals surface area contributed by atoms with Gasteiger partial charge in [-0.1, -0.05) is 18.2 Å². The Morgan fingerprint density at radius 1 is 1.12 bits per heavy atom. The molecule has 0 spiro atoms. The molecule has 1 unspecified atom stereocenters. The van der Waals surface area contributed by atoms with Crippen molar-refractivity contribution < 1.29 is 14.3 Å². The third-order valence-electron chi connectivity index (χ3n) is 6.49. The first-order valence-corrected chi connectivity index (χ1v) is 11.4. The molecule has 7 heteroatoms. The smallest absolute Gasteiger partial charge is 0.309 e. The monoisotopic (exact) mass is 458 g/mol. The van der Waals surface area contributed by atoms with Crippen LogP contribution >= 0.6 is 0 Å². The van der Waals surface area contributed by atoms with Crippen molar-refractivity contribution in [3.05, 3.63) is 89.6 Å². The number of aromatic nitrogens is 2. The van der Waals surface area contributed by atoms with Gasteiger partial charge in [0.2, 0.25) is 0 Å². The number of carboxylic acid groups (broad SMARTS) is 1. The zero-order valence-electron chi connectivity index (χ0n) is 19.0. The SMILES string of the molecule is CN1CCN(Cc2cc(-c3ccc4[nH]c(CC(=O)O)cc4c3)ccc2F)C(c2ccccn2)C1. The molecule has 1 aliphatic heterocycles. The van der Waals surface area contributed by atoms with Gasteiger partial charge in [0.05, 0.1) is 18.2 Å². The van der Waals surface area contributed by atoms with E-state index in [1.807, 2.05) is 54.7 Å².